The van der Waals surface area contributed by atoms with Gasteiger partial charge in [0.1, 0.15) is 0 Å². The maximum absolute atomic E-state index is 5.24. The number of hydrogen-bond donors (Lipinski definition) is 0. The van der Waals surface area contributed by atoms with Crippen LogP contribution in [0.5, 0.6) is 0 Å². The Balaban J connectivity index is 2.28. The molecule has 0 aromatic heterocycles. The van der Waals surface area contributed by atoms with Gasteiger partial charge in [0.25, 0.3) is 0 Å². The summed E-state index contributed by atoms with van der Waals surface area (Å²) in [7, 11) is 0. The third kappa shape index (κ3) is 3.79. The molecule has 0 bridgehead atoms. The minimum absolute atomic E-state index is 0.678. The van der Waals surface area contributed by atoms with Gasteiger partial charge in [-0.2, -0.15) is 0 Å². The Morgan fingerprint density at radius 2 is 2.00 bits per heavy atom. The zero-order chi connectivity index (χ0) is 7.94. The van der Waals surface area contributed by atoms with E-state index in [-0.39, 0.29) is 0 Å². The summed E-state index contributed by atoms with van der Waals surface area (Å²) in [4.78, 5) is 0. The summed E-state index contributed by atoms with van der Waals surface area (Å²) in [6, 6.07) is 10.1. The Kier molecular flexibility index (Phi) is 4.66. The highest BCUT2D eigenvalue weighted by atomic mass is 79.9. The number of alkyl halides is 1. The third-order valence-corrected chi connectivity index (χ3v) is 2.13. The van der Waals surface area contributed by atoms with Crippen molar-refractivity contribution in [2.75, 3.05) is 4.66 Å². The second kappa shape index (κ2) is 5.63. The Morgan fingerprint density at radius 1 is 1.27 bits per heavy atom. The molecule has 1 aromatic carbocycles. The molecule has 0 saturated heterocycles. The van der Waals surface area contributed by atoms with Crippen molar-refractivity contribution >= 4 is 28.0 Å². The lowest BCUT2D eigenvalue weighted by Crippen LogP contribution is -1.83. The van der Waals surface area contributed by atoms with Gasteiger partial charge in [-0.05, 0) is 5.56 Å². The van der Waals surface area contributed by atoms with Crippen molar-refractivity contribution in [2.24, 2.45) is 0 Å². The van der Waals surface area contributed by atoms with Crippen LogP contribution in [0.4, 0.5) is 0 Å². The molecular formula is C8H9BrOS. The highest BCUT2D eigenvalue weighted by Gasteiger charge is 1.89. The van der Waals surface area contributed by atoms with Crippen LogP contribution in [0, 0.1) is 0 Å². The summed E-state index contributed by atoms with van der Waals surface area (Å²) in [6.07, 6.45) is 0. The fourth-order valence-corrected chi connectivity index (χ4v) is 1.39. The van der Waals surface area contributed by atoms with Gasteiger partial charge in [0, 0.05) is 12.0 Å². The van der Waals surface area contributed by atoms with E-state index in [0.717, 1.165) is 4.66 Å². The minimum Gasteiger partial charge on any atom is -0.310 e. The lowest BCUT2D eigenvalue weighted by molar-refractivity contribution is 0.365. The zero-order valence-electron chi connectivity index (χ0n) is 6.00. The second-order valence-corrected chi connectivity index (χ2v) is 4.04. The van der Waals surface area contributed by atoms with Crippen molar-refractivity contribution in [2.45, 2.75) is 6.61 Å². The minimum atomic E-state index is 0.678. The predicted octanol–water partition coefficient (Wildman–Crippen LogP) is 3.20. The van der Waals surface area contributed by atoms with E-state index >= 15 is 0 Å². The zero-order valence-corrected chi connectivity index (χ0v) is 8.40. The van der Waals surface area contributed by atoms with Crippen molar-refractivity contribution < 1.29 is 4.18 Å². The molecule has 11 heavy (non-hydrogen) atoms. The number of hydrogen-bond acceptors (Lipinski definition) is 2. The molecule has 0 radical (unpaired) electrons. The summed E-state index contributed by atoms with van der Waals surface area (Å²) >= 11 is 4.68. The largest absolute Gasteiger partial charge is 0.310 e. The Hall–Kier alpha value is 0.01000. The smallest absolute Gasteiger partial charge is 0.0865 e. The number of benzene rings is 1. The van der Waals surface area contributed by atoms with Crippen LogP contribution in [0.1, 0.15) is 5.56 Å². The summed E-state index contributed by atoms with van der Waals surface area (Å²) in [5.41, 5.74) is 1.21. The molecule has 0 atom stereocenters. The molecular weight excluding hydrogens is 224 g/mol. The summed E-state index contributed by atoms with van der Waals surface area (Å²) in [6.45, 7) is 0.678. The molecule has 0 fully saturated rings. The highest BCUT2D eigenvalue weighted by Crippen LogP contribution is 2.10. The van der Waals surface area contributed by atoms with E-state index in [1.54, 1.807) is 0 Å². The van der Waals surface area contributed by atoms with E-state index in [0.29, 0.717) is 6.61 Å². The average Bonchev–Trinajstić information content (AvgIpc) is 2.07. The van der Waals surface area contributed by atoms with E-state index < -0.39 is 0 Å². The maximum atomic E-state index is 5.24. The first-order valence-corrected chi connectivity index (χ1v) is 5.31. The molecule has 0 heterocycles. The molecule has 3 heteroatoms. The van der Waals surface area contributed by atoms with Gasteiger partial charge in [0.2, 0.25) is 0 Å². The molecule has 60 valence electrons. The second-order valence-electron chi connectivity index (χ2n) is 1.97. The SMILES string of the molecule is BrCSOCc1ccccc1. The Bertz CT molecular complexity index is 191. The van der Waals surface area contributed by atoms with Crippen LogP contribution in [0.15, 0.2) is 30.3 Å². The van der Waals surface area contributed by atoms with Crippen LogP contribution in [0.2, 0.25) is 0 Å². The Labute approximate surface area is 79.5 Å². The molecule has 0 saturated carbocycles. The molecule has 0 amide bonds. The molecule has 0 aliphatic heterocycles. The van der Waals surface area contributed by atoms with Gasteiger partial charge >= 0.3 is 0 Å². The molecule has 1 nitrogen and oxygen atoms in total. The van der Waals surface area contributed by atoms with Crippen molar-refractivity contribution in [1.29, 1.82) is 0 Å². The van der Waals surface area contributed by atoms with Crippen LogP contribution in [-0.2, 0) is 10.8 Å². The van der Waals surface area contributed by atoms with E-state index in [4.69, 9.17) is 4.18 Å². The molecule has 1 rings (SSSR count). The van der Waals surface area contributed by atoms with Crippen LogP contribution < -0.4 is 0 Å². The van der Waals surface area contributed by atoms with Crippen molar-refractivity contribution in [3.63, 3.8) is 0 Å². The fraction of sp³-hybridized carbons (Fsp3) is 0.250. The van der Waals surface area contributed by atoms with Crippen molar-refractivity contribution in [3.05, 3.63) is 35.9 Å². The number of halogens is 1. The molecule has 0 aliphatic carbocycles. The normalized spacial score (nSPS) is 9.91. The van der Waals surface area contributed by atoms with Crippen molar-refractivity contribution in [3.8, 4) is 0 Å². The van der Waals surface area contributed by atoms with Gasteiger partial charge in [0.15, 0.2) is 0 Å². The highest BCUT2D eigenvalue weighted by molar-refractivity contribution is 9.10. The van der Waals surface area contributed by atoms with Gasteiger partial charge in [-0.1, -0.05) is 46.3 Å². The van der Waals surface area contributed by atoms with E-state index in [1.165, 1.54) is 17.6 Å². The third-order valence-electron chi connectivity index (χ3n) is 1.20. The lowest BCUT2D eigenvalue weighted by atomic mass is 10.2. The molecule has 0 unspecified atom stereocenters. The van der Waals surface area contributed by atoms with Gasteiger partial charge in [-0.3, -0.25) is 0 Å². The first kappa shape index (κ1) is 9.10. The van der Waals surface area contributed by atoms with Crippen LogP contribution >= 0.6 is 28.0 Å². The van der Waals surface area contributed by atoms with Gasteiger partial charge < -0.3 is 4.18 Å². The first-order chi connectivity index (χ1) is 5.43. The summed E-state index contributed by atoms with van der Waals surface area (Å²) in [5.74, 6) is 0. The van der Waals surface area contributed by atoms with Crippen molar-refractivity contribution in [1.82, 2.24) is 0 Å². The summed E-state index contributed by atoms with van der Waals surface area (Å²) in [5, 5.41) is 0. The van der Waals surface area contributed by atoms with Crippen LogP contribution in [0.25, 0.3) is 0 Å². The monoisotopic (exact) mass is 232 g/mol. The first-order valence-electron chi connectivity index (χ1n) is 3.28. The van der Waals surface area contributed by atoms with E-state index in [2.05, 4.69) is 28.1 Å². The number of rotatable bonds is 4. The molecule has 0 N–H and O–H groups in total. The van der Waals surface area contributed by atoms with Crippen LogP contribution in [-0.4, -0.2) is 4.66 Å². The molecule has 0 spiro atoms. The predicted molar refractivity (Wildman–Crippen MR) is 52.6 cm³/mol. The topological polar surface area (TPSA) is 9.23 Å². The lowest BCUT2D eigenvalue weighted by Gasteiger charge is -1.98. The van der Waals surface area contributed by atoms with E-state index in [1.807, 2.05) is 18.2 Å². The maximum Gasteiger partial charge on any atom is 0.0865 e. The Morgan fingerprint density at radius 3 is 2.64 bits per heavy atom. The average molecular weight is 233 g/mol. The summed E-state index contributed by atoms with van der Waals surface area (Å²) < 4.78 is 6.06. The van der Waals surface area contributed by atoms with Gasteiger partial charge in [0.05, 0.1) is 11.3 Å². The quantitative estimate of drug-likeness (QED) is 0.448. The van der Waals surface area contributed by atoms with Crippen LogP contribution in [0.3, 0.4) is 0 Å². The van der Waals surface area contributed by atoms with Gasteiger partial charge in [-0.25, -0.2) is 0 Å². The molecule has 0 aliphatic rings. The fourth-order valence-electron chi connectivity index (χ4n) is 0.715. The van der Waals surface area contributed by atoms with E-state index in [9.17, 15) is 0 Å². The van der Waals surface area contributed by atoms with Gasteiger partial charge in [-0.15, -0.1) is 0 Å². The molecule has 1 aromatic rings. The standard InChI is InChI=1S/C8H9BrOS/c9-7-11-10-6-8-4-2-1-3-5-8/h1-5H,6-7H2.